The molecule has 1 aromatic heterocycles. The van der Waals surface area contributed by atoms with E-state index in [1.165, 1.54) is 5.56 Å². The molecule has 0 radical (unpaired) electrons. The van der Waals surface area contributed by atoms with Gasteiger partial charge in [0.05, 0.1) is 0 Å². The van der Waals surface area contributed by atoms with Crippen molar-refractivity contribution in [3.05, 3.63) is 59.4 Å². The maximum atomic E-state index is 11.9. The lowest BCUT2D eigenvalue weighted by Gasteiger charge is -2.06. The Bertz CT molecular complexity index is 489. The smallest absolute Gasteiger partial charge is 0.251 e. The van der Waals surface area contributed by atoms with Gasteiger partial charge in [0.15, 0.2) is 0 Å². The Hall–Kier alpha value is -2.03. The van der Waals surface area contributed by atoms with Crippen molar-refractivity contribution < 1.29 is 4.79 Å². The number of carbonyl (C=O) groups excluding carboxylic acids is 1. The fraction of sp³-hybridized carbons (Fsp3) is 0.214. The average Bonchev–Trinajstić information content (AvgIpc) is 2.82. The second kappa shape index (κ2) is 5.34. The van der Waals surface area contributed by atoms with E-state index >= 15 is 0 Å². The second-order valence-corrected chi connectivity index (χ2v) is 4.04. The van der Waals surface area contributed by atoms with E-state index in [9.17, 15) is 4.79 Å². The number of benzene rings is 1. The zero-order valence-corrected chi connectivity index (χ0v) is 9.86. The van der Waals surface area contributed by atoms with Crippen LogP contribution in [0.3, 0.4) is 0 Å². The first-order valence-corrected chi connectivity index (χ1v) is 5.73. The molecule has 1 amide bonds. The monoisotopic (exact) mass is 228 g/mol. The normalized spacial score (nSPS) is 10.2. The predicted octanol–water partition coefficient (Wildman–Crippen LogP) is 2.30. The van der Waals surface area contributed by atoms with Gasteiger partial charge >= 0.3 is 0 Å². The molecule has 3 heteroatoms. The van der Waals surface area contributed by atoms with Gasteiger partial charge < -0.3 is 10.3 Å². The van der Waals surface area contributed by atoms with Crippen LogP contribution in [0.15, 0.2) is 42.7 Å². The number of aryl methyl sites for hydroxylation is 1. The Balaban J connectivity index is 1.88. The van der Waals surface area contributed by atoms with Gasteiger partial charge in [-0.15, -0.1) is 0 Å². The summed E-state index contributed by atoms with van der Waals surface area (Å²) in [5, 5.41) is 2.93. The molecule has 0 saturated heterocycles. The molecule has 0 saturated carbocycles. The molecule has 2 rings (SSSR count). The molecule has 0 fully saturated rings. The lowest BCUT2D eigenvalue weighted by atomic mass is 10.1. The number of H-pyrrole nitrogens is 1. The van der Waals surface area contributed by atoms with Crippen molar-refractivity contribution in [2.45, 2.75) is 13.3 Å². The fourth-order valence-corrected chi connectivity index (χ4v) is 1.76. The third kappa shape index (κ3) is 2.97. The summed E-state index contributed by atoms with van der Waals surface area (Å²) in [5.41, 5.74) is 2.96. The lowest BCUT2D eigenvalue weighted by molar-refractivity contribution is 0.0953. The summed E-state index contributed by atoms with van der Waals surface area (Å²) in [7, 11) is 0. The van der Waals surface area contributed by atoms with Crippen molar-refractivity contribution in [1.29, 1.82) is 0 Å². The van der Waals surface area contributed by atoms with Crippen LogP contribution >= 0.6 is 0 Å². The van der Waals surface area contributed by atoms with Crippen LogP contribution in [0.4, 0.5) is 0 Å². The summed E-state index contributed by atoms with van der Waals surface area (Å²) < 4.78 is 0. The van der Waals surface area contributed by atoms with Crippen LogP contribution in [0.2, 0.25) is 0 Å². The van der Waals surface area contributed by atoms with Crippen LogP contribution in [0.1, 0.15) is 21.5 Å². The fourth-order valence-electron chi connectivity index (χ4n) is 1.76. The van der Waals surface area contributed by atoms with E-state index < -0.39 is 0 Å². The van der Waals surface area contributed by atoms with Crippen molar-refractivity contribution in [2.75, 3.05) is 6.54 Å². The standard InChI is InChI=1S/C14H16N2O/c1-11-4-2-3-5-13(11)14(17)16-9-7-12-6-8-15-10-12/h2-6,8,10,15H,7,9H2,1H3,(H,16,17). The zero-order valence-electron chi connectivity index (χ0n) is 9.86. The molecule has 2 N–H and O–H groups in total. The molecule has 0 aliphatic rings. The van der Waals surface area contributed by atoms with Crippen molar-refractivity contribution in [3.8, 4) is 0 Å². The van der Waals surface area contributed by atoms with E-state index in [0.29, 0.717) is 6.54 Å². The van der Waals surface area contributed by atoms with Crippen LogP contribution < -0.4 is 5.32 Å². The molecule has 17 heavy (non-hydrogen) atoms. The molecule has 88 valence electrons. The zero-order chi connectivity index (χ0) is 12.1. The molecule has 0 spiro atoms. The van der Waals surface area contributed by atoms with Gasteiger partial charge in [0, 0.05) is 24.5 Å². The highest BCUT2D eigenvalue weighted by Crippen LogP contribution is 2.06. The van der Waals surface area contributed by atoms with Gasteiger partial charge in [0.25, 0.3) is 5.91 Å². The maximum absolute atomic E-state index is 11.9. The summed E-state index contributed by atoms with van der Waals surface area (Å²) in [6, 6.07) is 9.63. The molecule has 1 aromatic carbocycles. The van der Waals surface area contributed by atoms with E-state index in [-0.39, 0.29) is 5.91 Å². The Labute approximate surface area is 101 Å². The highest BCUT2D eigenvalue weighted by atomic mass is 16.1. The number of hydrogen-bond acceptors (Lipinski definition) is 1. The predicted molar refractivity (Wildman–Crippen MR) is 68.0 cm³/mol. The number of rotatable bonds is 4. The van der Waals surface area contributed by atoms with E-state index in [2.05, 4.69) is 10.3 Å². The average molecular weight is 228 g/mol. The van der Waals surface area contributed by atoms with E-state index in [0.717, 1.165) is 17.5 Å². The molecule has 0 aliphatic carbocycles. The Morgan fingerprint density at radius 2 is 2.12 bits per heavy atom. The van der Waals surface area contributed by atoms with Crippen molar-refractivity contribution >= 4 is 5.91 Å². The van der Waals surface area contributed by atoms with E-state index in [1.807, 2.05) is 49.6 Å². The molecular formula is C14H16N2O. The van der Waals surface area contributed by atoms with Crippen molar-refractivity contribution in [1.82, 2.24) is 10.3 Å². The molecule has 0 bridgehead atoms. The first-order chi connectivity index (χ1) is 8.27. The molecule has 2 aromatic rings. The minimum atomic E-state index is -0.00126. The summed E-state index contributed by atoms with van der Waals surface area (Å²) in [5.74, 6) is -0.00126. The van der Waals surface area contributed by atoms with E-state index in [1.54, 1.807) is 0 Å². The largest absolute Gasteiger partial charge is 0.367 e. The number of carbonyl (C=O) groups is 1. The SMILES string of the molecule is Cc1ccccc1C(=O)NCCc1cc[nH]c1. The van der Waals surface area contributed by atoms with Crippen molar-refractivity contribution in [3.63, 3.8) is 0 Å². The first kappa shape index (κ1) is 11.5. The molecule has 0 atom stereocenters. The molecule has 1 heterocycles. The quantitative estimate of drug-likeness (QED) is 0.828. The van der Waals surface area contributed by atoms with Crippen LogP contribution in [0.25, 0.3) is 0 Å². The molecule has 0 aliphatic heterocycles. The lowest BCUT2D eigenvalue weighted by Crippen LogP contribution is -2.26. The highest BCUT2D eigenvalue weighted by molar-refractivity contribution is 5.95. The second-order valence-electron chi connectivity index (χ2n) is 4.04. The topological polar surface area (TPSA) is 44.9 Å². The Kier molecular flexibility index (Phi) is 3.60. The Morgan fingerprint density at radius 1 is 1.29 bits per heavy atom. The van der Waals surface area contributed by atoms with Gasteiger partial charge in [-0.1, -0.05) is 18.2 Å². The van der Waals surface area contributed by atoms with Gasteiger partial charge in [-0.3, -0.25) is 4.79 Å². The van der Waals surface area contributed by atoms with Crippen molar-refractivity contribution in [2.24, 2.45) is 0 Å². The maximum Gasteiger partial charge on any atom is 0.251 e. The molecule has 0 unspecified atom stereocenters. The summed E-state index contributed by atoms with van der Waals surface area (Å²) in [6.07, 6.45) is 4.68. The molecular weight excluding hydrogens is 212 g/mol. The van der Waals surface area contributed by atoms with Crippen LogP contribution in [-0.4, -0.2) is 17.4 Å². The van der Waals surface area contributed by atoms with E-state index in [4.69, 9.17) is 0 Å². The van der Waals surface area contributed by atoms with Gasteiger partial charge in [-0.25, -0.2) is 0 Å². The number of amides is 1. The minimum Gasteiger partial charge on any atom is -0.367 e. The number of nitrogens with one attached hydrogen (secondary N) is 2. The van der Waals surface area contributed by atoms with Gasteiger partial charge in [0.2, 0.25) is 0 Å². The molecule has 3 nitrogen and oxygen atoms in total. The highest BCUT2D eigenvalue weighted by Gasteiger charge is 2.06. The van der Waals surface area contributed by atoms with Crippen LogP contribution in [0.5, 0.6) is 0 Å². The van der Waals surface area contributed by atoms with Crippen LogP contribution in [-0.2, 0) is 6.42 Å². The van der Waals surface area contributed by atoms with Gasteiger partial charge in [0.1, 0.15) is 0 Å². The Morgan fingerprint density at radius 3 is 2.82 bits per heavy atom. The third-order valence-electron chi connectivity index (χ3n) is 2.75. The number of hydrogen-bond donors (Lipinski definition) is 2. The number of aromatic amines is 1. The minimum absolute atomic E-state index is 0.00126. The summed E-state index contributed by atoms with van der Waals surface area (Å²) in [4.78, 5) is 14.9. The third-order valence-corrected chi connectivity index (χ3v) is 2.75. The van der Waals surface area contributed by atoms with Gasteiger partial charge in [-0.2, -0.15) is 0 Å². The first-order valence-electron chi connectivity index (χ1n) is 5.73. The summed E-state index contributed by atoms with van der Waals surface area (Å²) >= 11 is 0. The summed E-state index contributed by atoms with van der Waals surface area (Å²) in [6.45, 7) is 2.60. The van der Waals surface area contributed by atoms with Gasteiger partial charge in [-0.05, 0) is 36.6 Å². The number of aromatic nitrogens is 1. The van der Waals surface area contributed by atoms with Crippen LogP contribution in [0, 0.1) is 6.92 Å².